The molecule has 0 saturated heterocycles. The summed E-state index contributed by atoms with van der Waals surface area (Å²) in [6.07, 6.45) is 1.62. The zero-order valence-electron chi connectivity index (χ0n) is 11.5. The van der Waals surface area contributed by atoms with Crippen LogP contribution in [0.25, 0.3) is 0 Å². The lowest BCUT2D eigenvalue weighted by atomic mass is 10.1. The van der Waals surface area contributed by atoms with Crippen LogP contribution in [-0.4, -0.2) is 13.4 Å². The van der Waals surface area contributed by atoms with Gasteiger partial charge in [0.1, 0.15) is 0 Å². The Labute approximate surface area is 132 Å². The molecule has 0 aliphatic rings. The summed E-state index contributed by atoms with van der Waals surface area (Å²) in [7, 11) is -3.64. The number of nitrogens with two attached hydrogens (primary N) is 1. The fourth-order valence-electron chi connectivity index (χ4n) is 1.87. The monoisotopic (exact) mass is 369 g/mol. The number of pyridine rings is 1. The van der Waals surface area contributed by atoms with E-state index in [1.165, 1.54) is 0 Å². The topological polar surface area (TPSA) is 85.1 Å². The molecule has 112 valence electrons. The van der Waals surface area contributed by atoms with Crippen LogP contribution in [-0.2, 0) is 23.1 Å². The summed E-state index contributed by atoms with van der Waals surface area (Å²) in [5.74, 6) is 0. The van der Waals surface area contributed by atoms with Crippen molar-refractivity contribution in [1.82, 2.24) is 9.71 Å². The Morgan fingerprint density at radius 1 is 1.33 bits per heavy atom. The Balaban J connectivity index is 2.29. The number of nitrogens with zero attached hydrogens (tertiary/aromatic N) is 1. The van der Waals surface area contributed by atoms with Gasteiger partial charge in [0, 0.05) is 17.2 Å². The van der Waals surface area contributed by atoms with E-state index in [0.717, 1.165) is 11.1 Å². The molecule has 0 amide bonds. The van der Waals surface area contributed by atoms with Crippen LogP contribution >= 0.6 is 15.9 Å². The maximum atomic E-state index is 12.4. The Kier molecular flexibility index (Phi) is 5.10. The van der Waals surface area contributed by atoms with Gasteiger partial charge in [0.2, 0.25) is 10.0 Å². The third-order valence-electron chi connectivity index (χ3n) is 2.98. The molecule has 0 saturated carbocycles. The second kappa shape index (κ2) is 6.65. The van der Waals surface area contributed by atoms with Crippen LogP contribution in [0.4, 0.5) is 0 Å². The van der Waals surface area contributed by atoms with E-state index in [9.17, 15) is 8.42 Å². The SMILES string of the molecule is Cc1cc(CN)cc(S(=O)(=O)NCc2ccccn2)c1Br. The number of nitrogens with one attached hydrogen (secondary N) is 1. The normalized spacial score (nSPS) is 11.6. The van der Waals surface area contributed by atoms with E-state index < -0.39 is 10.0 Å². The summed E-state index contributed by atoms with van der Waals surface area (Å²) in [5, 5.41) is 0. The molecule has 0 fully saturated rings. The van der Waals surface area contributed by atoms with Crippen LogP contribution in [0.5, 0.6) is 0 Å². The molecule has 0 bridgehead atoms. The quantitative estimate of drug-likeness (QED) is 0.844. The van der Waals surface area contributed by atoms with Crippen LogP contribution in [0.1, 0.15) is 16.8 Å². The Morgan fingerprint density at radius 2 is 2.10 bits per heavy atom. The third-order valence-corrected chi connectivity index (χ3v) is 5.72. The number of benzene rings is 1. The molecule has 0 unspecified atom stereocenters. The van der Waals surface area contributed by atoms with Crippen molar-refractivity contribution >= 4 is 26.0 Å². The van der Waals surface area contributed by atoms with Gasteiger partial charge in [-0.15, -0.1) is 0 Å². The molecule has 2 aromatic rings. The molecule has 0 spiro atoms. The highest BCUT2D eigenvalue weighted by molar-refractivity contribution is 9.10. The molecule has 0 aliphatic carbocycles. The van der Waals surface area contributed by atoms with Crippen molar-refractivity contribution in [1.29, 1.82) is 0 Å². The molecular weight excluding hydrogens is 354 g/mol. The number of aromatic nitrogens is 1. The van der Waals surface area contributed by atoms with Crippen LogP contribution in [0, 0.1) is 6.92 Å². The predicted molar refractivity (Wildman–Crippen MR) is 85.0 cm³/mol. The zero-order valence-corrected chi connectivity index (χ0v) is 13.9. The van der Waals surface area contributed by atoms with Gasteiger partial charge in [0.15, 0.2) is 0 Å². The number of sulfonamides is 1. The number of rotatable bonds is 5. The van der Waals surface area contributed by atoms with Crippen LogP contribution in [0.3, 0.4) is 0 Å². The van der Waals surface area contributed by atoms with Gasteiger partial charge in [-0.1, -0.05) is 12.1 Å². The van der Waals surface area contributed by atoms with Gasteiger partial charge in [-0.2, -0.15) is 0 Å². The van der Waals surface area contributed by atoms with Crippen molar-refractivity contribution < 1.29 is 8.42 Å². The van der Waals surface area contributed by atoms with Gasteiger partial charge in [-0.3, -0.25) is 4.98 Å². The molecule has 2 rings (SSSR count). The average Bonchev–Trinajstić information content (AvgIpc) is 2.48. The largest absolute Gasteiger partial charge is 0.326 e. The van der Waals surface area contributed by atoms with Crippen molar-refractivity contribution in [3.05, 3.63) is 57.8 Å². The van der Waals surface area contributed by atoms with E-state index >= 15 is 0 Å². The third kappa shape index (κ3) is 3.88. The summed E-state index contributed by atoms with van der Waals surface area (Å²) in [5.41, 5.74) is 7.86. The molecule has 3 N–H and O–H groups in total. The lowest BCUT2D eigenvalue weighted by Gasteiger charge is -2.12. The molecule has 1 heterocycles. The van der Waals surface area contributed by atoms with E-state index in [0.29, 0.717) is 10.2 Å². The highest BCUT2D eigenvalue weighted by Crippen LogP contribution is 2.27. The smallest absolute Gasteiger partial charge is 0.242 e. The molecule has 7 heteroatoms. The molecule has 0 atom stereocenters. The van der Waals surface area contributed by atoms with Crippen LogP contribution in [0.15, 0.2) is 45.9 Å². The highest BCUT2D eigenvalue weighted by atomic mass is 79.9. The van der Waals surface area contributed by atoms with Crippen molar-refractivity contribution in [3.63, 3.8) is 0 Å². The molecule has 1 aromatic carbocycles. The first-order valence-electron chi connectivity index (χ1n) is 6.32. The maximum Gasteiger partial charge on any atom is 0.242 e. The average molecular weight is 370 g/mol. The molecule has 5 nitrogen and oxygen atoms in total. The second-order valence-electron chi connectivity index (χ2n) is 4.57. The Morgan fingerprint density at radius 3 is 2.71 bits per heavy atom. The molecule has 21 heavy (non-hydrogen) atoms. The zero-order chi connectivity index (χ0) is 15.5. The molecular formula is C14H16BrN3O2S. The molecule has 1 aromatic heterocycles. The second-order valence-corrected chi connectivity index (χ2v) is 7.10. The standard InChI is InChI=1S/C14H16BrN3O2S/c1-10-6-11(8-16)7-13(14(10)15)21(19,20)18-9-12-4-2-3-5-17-12/h2-7,18H,8-9,16H2,1H3. The summed E-state index contributed by atoms with van der Waals surface area (Å²) >= 11 is 3.33. The van der Waals surface area contributed by atoms with Gasteiger partial charge in [0.05, 0.1) is 17.1 Å². The minimum Gasteiger partial charge on any atom is -0.326 e. The van der Waals surface area contributed by atoms with E-state index in [4.69, 9.17) is 5.73 Å². The van der Waals surface area contributed by atoms with E-state index in [2.05, 4.69) is 25.6 Å². The van der Waals surface area contributed by atoms with E-state index in [1.54, 1.807) is 24.4 Å². The van der Waals surface area contributed by atoms with Gasteiger partial charge in [0.25, 0.3) is 0 Å². The van der Waals surface area contributed by atoms with Gasteiger partial charge >= 0.3 is 0 Å². The maximum absolute atomic E-state index is 12.4. The van der Waals surface area contributed by atoms with Crippen LogP contribution < -0.4 is 10.5 Å². The fourth-order valence-corrected chi connectivity index (χ4v) is 3.94. The molecule has 0 aliphatic heterocycles. The van der Waals surface area contributed by atoms with Gasteiger partial charge < -0.3 is 5.73 Å². The van der Waals surface area contributed by atoms with Gasteiger partial charge in [-0.25, -0.2) is 13.1 Å². The predicted octanol–water partition coefficient (Wildman–Crippen LogP) is 2.09. The summed E-state index contributed by atoms with van der Waals surface area (Å²) in [6.45, 7) is 2.26. The van der Waals surface area contributed by atoms with Crippen molar-refractivity contribution in [3.8, 4) is 0 Å². The number of aryl methyl sites for hydroxylation is 1. The minimum absolute atomic E-state index is 0.140. The lowest BCUT2D eigenvalue weighted by Crippen LogP contribution is -2.24. The van der Waals surface area contributed by atoms with Gasteiger partial charge in [-0.05, 0) is 52.2 Å². The number of hydrogen-bond donors (Lipinski definition) is 2. The Hall–Kier alpha value is -1.28. The number of hydrogen-bond acceptors (Lipinski definition) is 4. The van der Waals surface area contributed by atoms with Crippen molar-refractivity contribution in [2.45, 2.75) is 24.9 Å². The minimum atomic E-state index is -3.64. The first-order valence-corrected chi connectivity index (χ1v) is 8.60. The summed E-state index contributed by atoms with van der Waals surface area (Å²) in [4.78, 5) is 4.28. The van der Waals surface area contributed by atoms with Crippen LogP contribution in [0.2, 0.25) is 0 Å². The fraction of sp³-hybridized carbons (Fsp3) is 0.214. The summed E-state index contributed by atoms with van der Waals surface area (Å²) in [6, 6.07) is 8.80. The Bertz CT molecular complexity index is 733. The van der Waals surface area contributed by atoms with Crippen molar-refractivity contribution in [2.24, 2.45) is 5.73 Å². The number of halogens is 1. The first kappa shape index (κ1) is 16.1. The molecule has 0 radical (unpaired) electrons. The lowest BCUT2D eigenvalue weighted by molar-refractivity contribution is 0.579. The van der Waals surface area contributed by atoms with Crippen molar-refractivity contribution in [2.75, 3.05) is 0 Å². The van der Waals surface area contributed by atoms with E-state index in [-0.39, 0.29) is 18.0 Å². The first-order chi connectivity index (χ1) is 9.94. The van der Waals surface area contributed by atoms with E-state index in [1.807, 2.05) is 19.1 Å². The highest BCUT2D eigenvalue weighted by Gasteiger charge is 2.19. The summed E-state index contributed by atoms with van der Waals surface area (Å²) < 4.78 is 28.0.